The Bertz CT molecular complexity index is 1400. The number of ketones is 1. The number of phenolic OH excluding ortho intramolecular Hbond substituents is 1. The molecule has 204 valence electrons. The summed E-state index contributed by atoms with van der Waals surface area (Å²) in [5, 5.41) is 25.0. The smallest absolute Gasteiger partial charge is 0.311 e. The van der Waals surface area contributed by atoms with Crippen LogP contribution in [0, 0.1) is 10.1 Å². The van der Waals surface area contributed by atoms with Gasteiger partial charge in [0.1, 0.15) is 11.5 Å². The van der Waals surface area contributed by atoms with Gasteiger partial charge in [0.05, 0.1) is 39.0 Å². The number of carbonyl (C=O) groups excluding carboxylic acids is 1. The van der Waals surface area contributed by atoms with Crippen molar-refractivity contribution < 1.29 is 33.8 Å². The van der Waals surface area contributed by atoms with E-state index in [9.17, 15) is 20.0 Å². The minimum absolute atomic E-state index is 0.0518. The van der Waals surface area contributed by atoms with Gasteiger partial charge in [-0.2, -0.15) is 0 Å². The van der Waals surface area contributed by atoms with Crippen LogP contribution in [0.15, 0.2) is 54.7 Å². The molecule has 0 heterocycles. The maximum absolute atomic E-state index is 12.7. The van der Waals surface area contributed by atoms with E-state index < -0.39 is 10.7 Å². The number of nitrogens with one attached hydrogen (secondary N) is 1. The number of aromatic hydroxyl groups is 1. The van der Waals surface area contributed by atoms with E-state index in [0.29, 0.717) is 22.7 Å². The molecule has 10 nitrogen and oxygen atoms in total. The van der Waals surface area contributed by atoms with Crippen LogP contribution in [-0.4, -0.2) is 44.3 Å². The molecule has 0 fully saturated rings. The quantitative estimate of drug-likeness (QED) is 0.0731. The standard InChI is InChI=1S/C29H30N2O8/c1-6-21-26(38-4)15-18(16-27(21)39-5)7-8-19-9-12-25(37-3)29(33)28(19)30-14-13-23(32)20-10-11-24(36-2)22(17-20)31(34)35/h7-17,30,33H,6H2,1-5H3/b8-7-,14-13-. The molecule has 0 radical (unpaired) electrons. The van der Waals surface area contributed by atoms with Crippen LogP contribution in [0.25, 0.3) is 12.2 Å². The van der Waals surface area contributed by atoms with Crippen LogP contribution in [0.2, 0.25) is 0 Å². The normalized spacial score (nSPS) is 11.0. The molecule has 0 spiro atoms. The van der Waals surface area contributed by atoms with E-state index in [2.05, 4.69) is 5.32 Å². The van der Waals surface area contributed by atoms with Crippen molar-refractivity contribution in [3.63, 3.8) is 0 Å². The summed E-state index contributed by atoms with van der Waals surface area (Å²) in [7, 11) is 5.94. The van der Waals surface area contributed by atoms with Crippen molar-refractivity contribution in [2.24, 2.45) is 0 Å². The topological polar surface area (TPSA) is 129 Å². The third-order valence-corrected chi connectivity index (χ3v) is 5.95. The van der Waals surface area contributed by atoms with Gasteiger partial charge in [-0.05, 0) is 48.4 Å². The van der Waals surface area contributed by atoms with Crippen molar-refractivity contribution in [2.75, 3.05) is 33.8 Å². The molecule has 3 aromatic carbocycles. The number of methoxy groups -OCH3 is 4. The Kier molecular flexibility index (Phi) is 9.53. The van der Waals surface area contributed by atoms with Gasteiger partial charge in [-0.15, -0.1) is 0 Å². The maximum Gasteiger partial charge on any atom is 0.311 e. The molecule has 0 amide bonds. The molecule has 0 bridgehead atoms. The van der Waals surface area contributed by atoms with E-state index in [0.717, 1.165) is 23.6 Å². The second-order valence-corrected chi connectivity index (χ2v) is 8.16. The number of nitro benzene ring substituents is 1. The minimum atomic E-state index is -0.620. The summed E-state index contributed by atoms with van der Waals surface area (Å²) in [5.74, 6) is 1.04. The second-order valence-electron chi connectivity index (χ2n) is 8.16. The lowest BCUT2D eigenvalue weighted by molar-refractivity contribution is -0.385. The van der Waals surface area contributed by atoms with Crippen molar-refractivity contribution in [1.29, 1.82) is 0 Å². The monoisotopic (exact) mass is 534 g/mol. The van der Waals surface area contributed by atoms with Crippen molar-refractivity contribution in [3.05, 3.63) is 87.1 Å². The van der Waals surface area contributed by atoms with Crippen LogP contribution in [0.5, 0.6) is 28.7 Å². The van der Waals surface area contributed by atoms with Crippen molar-refractivity contribution in [2.45, 2.75) is 13.3 Å². The zero-order valence-electron chi connectivity index (χ0n) is 22.3. The average Bonchev–Trinajstić information content (AvgIpc) is 2.95. The third-order valence-electron chi connectivity index (χ3n) is 5.95. The van der Waals surface area contributed by atoms with Crippen LogP contribution in [0.1, 0.15) is 34.0 Å². The Labute approximate surface area is 226 Å². The SMILES string of the molecule is CCc1c(OC)cc(/C=C\c2ccc(OC)c(O)c2N/C=C\C(=O)c2ccc(OC)c([N+](=O)[O-])c2)cc1OC. The molecular formula is C29H30N2O8. The minimum Gasteiger partial charge on any atom is -0.503 e. The number of carbonyl (C=O) groups is 1. The summed E-state index contributed by atoms with van der Waals surface area (Å²) in [6.45, 7) is 2.02. The zero-order chi connectivity index (χ0) is 28.5. The molecule has 3 rings (SSSR count). The first-order chi connectivity index (χ1) is 18.8. The van der Waals surface area contributed by atoms with Crippen LogP contribution in [-0.2, 0) is 6.42 Å². The highest BCUT2D eigenvalue weighted by Gasteiger charge is 2.17. The predicted molar refractivity (Wildman–Crippen MR) is 149 cm³/mol. The Morgan fingerprint density at radius 2 is 1.54 bits per heavy atom. The Morgan fingerprint density at radius 1 is 0.923 bits per heavy atom. The number of hydrogen-bond acceptors (Lipinski definition) is 9. The van der Waals surface area contributed by atoms with Gasteiger partial charge in [-0.3, -0.25) is 14.9 Å². The van der Waals surface area contributed by atoms with Gasteiger partial charge in [0.25, 0.3) is 0 Å². The molecule has 2 N–H and O–H groups in total. The van der Waals surface area contributed by atoms with Gasteiger partial charge >= 0.3 is 5.69 Å². The fourth-order valence-electron chi connectivity index (χ4n) is 3.96. The van der Waals surface area contributed by atoms with Crippen LogP contribution in [0.3, 0.4) is 0 Å². The lowest BCUT2D eigenvalue weighted by atomic mass is 10.0. The number of phenols is 1. The molecule has 0 saturated carbocycles. The number of allylic oxidation sites excluding steroid dienone is 1. The highest BCUT2D eigenvalue weighted by molar-refractivity contribution is 6.05. The molecule has 0 atom stereocenters. The highest BCUT2D eigenvalue weighted by atomic mass is 16.6. The molecule has 39 heavy (non-hydrogen) atoms. The van der Waals surface area contributed by atoms with E-state index in [-0.39, 0.29) is 28.5 Å². The summed E-state index contributed by atoms with van der Waals surface area (Å²) in [4.78, 5) is 23.3. The van der Waals surface area contributed by atoms with Crippen LogP contribution < -0.4 is 24.3 Å². The predicted octanol–water partition coefficient (Wildman–Crippen LogP) is 5.88. The summed E-state index contributed by atoms with van der Waals surface area (Å²) in [6, 6.07) is 11.1. The Balaban J connectivity index is 1.91. The zero-order valence-corrected chi connectivity index (χ0v) is 22.3. The maximum atomic E-state index is 12.7. The van der Waals surface area contributed by atoms with Gasteiger partial charge in [-0.1, -0.05) is 19.1 Å². The van der Waals surface area contributed by atoms with Crippen molar-refractivity contribution in [3.8, 4) is 28.7 Å². The van der Waals surface area contributed by atoms with Gasteiger partial charge < -0.3 is 29.4 Å². The Morgan fingerprint density at radius 3 is 2.10 bits per heavy atom. The summed E-state index contributed by atoms with van der Waals surface area (Å²) in [5.41, 5.74) is 2.45. The summed E-state index contributed by atoms with van der Waals surface area (Å²) < 4.78 is 21.3. The third kappa shape index (κ3) is 6.48. The number of nitro groups is 1. The molecule has 0 aliphatic heterocycles. The molecule has 3 aromatic rings. The number of nitrogens with zero attached hydrogens (tertiary/aromatic N) is 1. The lowest BCUT2D eigenvalue weighted by Gasteiger charge is -2.14. The van der Waals surface area contributed by atoms with E-state index in [1.807, 2.05) is 25.1 Å². The lowest BCUT2D eigenvalue weighted by Crippen LogP contribution is -2.00. The molecule has 0 unspecified atom stereocenters. The van der Waals surface area contributed by atoms with Crippen molar-refractivity contribution in [1.82, 2.24) is 0 Å². The Hall–Kier alpha value is -4.99. The van der Waals surface area contributed by atoms with E-state index in [4.69, 9.17) is 18.9 Å². The summed E-state index contributed by atoms with van der Waals surface area (Å²) >= 11 is 0. The average molecular weight is 535 g/mol. The first-order valence-corrected chi connectivity index (χ1v) is 11.9. The number of rotatable bonds is 12. The molecule has 0 aliphatic rings. The number of anilines is 1. The van der Waals surface area contributed by atoms with E-state index in [1.165, 1.54) is 38.6 Å². The van der Waals surface area contributed by atoms with Crippen molar-refractivity contribution >= 4 is 29.3 Å². The molecular weight excluding hydrogens is 504 g/mol. The highest BCUT2D eigenvalue weighted by Crippen LogP contribution is 2.38. The van der Waals surface area contributed by atoms with Gasteiger partial charge in [-0.25, -0.2) is 0 Å². The van der Waals surface area contributed by atoms with Crippen LogP contribution in [0.4, 0.5) is 11.4 Å². The first-order valence-electron chi connectivity index (χ1n) is 11.9. The fourth-order valence-corrected chi connectivity index (χ4v) is 3.96. The largest absolute Gasteiger partial charge is 0.503 e. The van der Waals surface area contributed by atoms with E-state index >= 15 is 0 Å². The van der Waals surface area contributed by atoms with Gasteiger partial charge in [0.15, 0.2) is 23.0 Å². The molecule has 10 heteroatoms. The van der Waals surface area contributed by atoms with E-state index in [1.54, 1.807) is 32.4 Å². The number of ether oxygens (including phenoxy) is 4. The van der Waals surface area contributed by atoms with Gasteiger partial charge in [0.2, 0.25) is 0 Å². The number of hydrogen-bond donors (Lipinski definition) is 2. The first kappa shape index (κ1) is 28.6. The molecule has 0 aliphatic carbocycles. The van der Waals surface area contributed by atoms with Crippen LogP contribution >= 0.6 is 0 Å². The molecule has 0 saturated heterocycles. The fraction of sp³-hybridized carbons (Fsp3) is 0.207. The second kappa shape index (κ2) is 13.0. The number of benzene rings is 3. The summed E-state index contributed by atoms with van der Waals surface area (Å²) in [6.07, 6.45) is 6.90. The van der Waals surface area contributed by atoms with Gasteiger partial charge in [0, 0.05) is 35.0 Å². The molecule has 0 aromatic heterocycles.